The van der Waals surface area contributed by atoms with Gasteiger partial charge in [-0.1, -0.05) is 23.3 Å². The minimum absolute atomic E-state index is 0.116. The third-order valence-corrected chi connectivity index (χ3v) is 6.40. The maximum Gasteiger partial charge on any atom is 0.190 e. The number of methoxy groups -OCH3 is 1. The minimum atomic E-state index is -0.277. The van der Waals surface area contributed by atoms with Crippen molar-refractivity contribution in [3.8, 4) is 0 Å². The molecular weight excluding hydrogens is 312 g/mol. The standard InChI is InChI=1S/C22H32O3/c1-14(2)7-6-8-15(3)16-11-12-22(4)18(16)13-17-19(25-22)9-10-20(24-5)21(17)23/h7-8,16,18,20H,6,9-13H2,1-5H3/b15-8+/t16-,18-,20+,22+/m0/s1. The summed E-state index contributed by atoms with van der Waals surface area (Å²) in [6.45, 7) is 8.77. The molecule has 25 heavy (non-hydrogen) atoms. The summed E-state index contributed by atoms with van der Waals surface area (Å²) in [5.41, 5.74) is 3.60. The Morgan fingerprint density at radius 2 is 2.04 bits per heavy atom. The molecule has 0 aromatic carbocycles. The van der Waals surface area contributed by atoms with Gasteiger partial charge in [-0.15, -0.1) is 0 Å². The van der Waals surface area contributed by atoms with Crippen molar-refractivity contribution in [3.05, 3.63) is 34.6 Å². The number of rotatable bonds is 4. The van der Waals surface area contributed by atoms with Crippen LogP contribution in [-0.4, -0.2) is 24.6 Å². The number of hydrogen-bond donors (Lipinski definition) is 0. The van der Waals surface area contributed by atoms with Crippen LogP contribution in [0.5, 0.6) is 0 Å². The van der Waals surface area contributed by atoms with Gasteiger partial charge in [0.2, 0.25) is 0 Å². The summed E-state index contributed by atoms with van der Waals surface area (Å²) in [5.74, 6) is 2.01. The summed E-state index contributed by atoms with van der Waals surface area (Å²) in [4.78, 5) is 12.7. The van der Waals surface area contributed by atoms with Crippen LogP contribution in [0.15, 0.2) is 34.6 Å². The third kappa shape index (κ3) is 3.48. The van der Waals surface area contributed by atoms with E-state index in [9.17, 15) is 4.79 Å². The van der Waals surface area contributed by atoms with E-state index in [1.165, 1.54) is 11.1 Å². The lowest BCUT2D eigenvalue weighted by atomic mass is 9.74. The number of allylic oxidation sites excluding steroid dienone is 5. The lowest BCUT2D eigenvalue weighted by Gasteiger charge is -2.43. The monoisotopic (exact) mass is 344 g/mol. The van der Waals surface area contributed by atoms with E-state index in [-0.39, 0.29) is 17.5 Å². The molecule has 0 aromatic heterocycles. The van der Waals surface area contributed by atoms with Crippen LogP contribution in [0.25, 0.3) is 0 Å². The van der Waals surface area contributed by atoms with Crippen molar-refractivity contribution in [2.75, 3.05) is 7.11 Å². The van der Waals surface area contributed by atoms with Crippen molar-refractivity contribution in [2.45, 2.75) is 77.9 Å². The van der Waals surface area contributed by atoms with Crippen molar-refractivity contribution < 1.29 is 14.3 Å². The smallest absolute Gasteiger partial charge is 0.190 e. The highest BCUT2D eigenvalue weighted by Gasteiger charge is 2.52. The van der Waals surface area contributed by atoms with Gasteiger partial charge in [-0.3, -0.25) is 4.79 Å². The lowest BCUT2D eigenvalue weighted by Crippen LogP contribution is -2.43. The fourth-order valence-corrected chi connectivity index (χ4v) is 4.85. The van der Waals surface area contributed by atoms with Crippen LogP contribution in [-0.2, 0) is 14.3 Å². The average molecular weight is 344 g/mol. The Hall–Kier alpha value is -1.35. The van der Waals surface area contributed by atoms with Gasteiger partial charge in [0.15, 0.2) is 5.78 Å². The van der Waals surface area contributed by atoms with E-state index in [0.29, 0.717) is 11.8 Å². The number of carbonyl (C=O) groups is 1. The topological polar surface area (TPSA) is 35.5 Å². The van der Waals surface area contributed by atoms with Crippen molar-refractivity contribution in [1.82, 2.24) is 0 Å². The fourth-order valence-electron chi connectivity index (χ4n) is 4.85. The molecule has 3 aliphatic rings. The minimum Gasteiger partial charge on any atom is -0.491 e. The van der Waals surface area contributed by atoms with Gasteiger partial charge in [0.25, 0.3) is 0 Å². The summed E-state index contributed by atoms with van der Waals surface area (Å²) in [6, 6.07) is 0. The van der Waals surface area contributed by atoms with Crippen LogP contribution in [0.3, 0.4) is 0 Å². The van der Waals surface area contributed by atoms with Crippen molar-refractivity contribution in [3.63, 3.8) is 0 Å². The first-order valence-electron chi connectivity index (χ1n) is 9.63. The number of carbonyl (C=O) groups excluding carboxylic acids is 1. The first-order chi connectivity index (χ1) is 11.9. The largest absolute Gasteiger partial charge is 0.491 e. The van der Waals surface area contributed by atoms with Gasteiger partial charge in [0, 0.05) is 25.0 Å². The summed E-state index contributed by atoms with van der Waals surface area (Å²) >= 11 is 0. The molecule has 1 fully saturated rings. The van der Waals surface area contributed by atoms with Crippen LogP contribution >= 0.6 is 0 Å². The number of Topliss-reactive ketones (excluding diaryl/α,β-unsaturated/α-hetero) is 1. The molecule has 1 aliphatic heterocycles. The maximum absolute atomic E-state index is 12.7. The lowest BCUT2D eigenvalue weighted by molar-refractivity contribution is -0.130. The molecule has 0 N–H and O–H groups in total. The molecule has 138 valence electrons. The van der Waals surface area contributed by atoms with E-state index in [1.54, 1.807) is 7.11 Å². The molecule has 3 rings (SSSR count). The van der Waals surface area contributed by atoms with Gasteiger partial charge in [0.1, 0.15) is 17.5 Å². The number of fused-ring (bicyclic) bond motifs is 1. The van der Waals surface area contributed by atoms with Gasteiger partial charge in [-0.2, -0.15) is 0 Å². The van der Waals surface area contributed by atoms with E-state index in [4.69, 9.17) is 9.47 Å². The molecule has 0 bridgehead atoms. The molecule has 3 nitrogen and oxygen atoms in total. The third-order valence-electron chi connectivity index (χ3n) is 6.40. The van der Waals surface area contributed by atoms with Crippen LogP contribution in [0, 0.1) is 11.8 Å². The number of hydrogen-bond acceptors (Lipinski definition) is 3. The predicted molar refractivity (Wildman–Crippen MR) is 100 cm³/mol. The van der Waals surface area contributed by atoms with E-state index < -0.39 is 0 Å². The zero-order chi connectivity index (χ0) is 18.2. The molecule has 1 heterocycles. The van der Waals surface area contributed by atoms with Gasteiger partial charge in [0.05, 0.1) is 0 Å². The molecule has 0 aromatic rings. The second-order valence-electron chi connectivity index (χ2n) is 8.36. The first-order valence-corrected chi connectivity index (χ1v) is 9.63. The van der Waals surface area contributed by atoms with Crippen LogP contribution < -0.4 is 0 Å². The van der Waals surface area contributed by atoms with Crippen molar-refractivity contribution in [2.24, 2.45) is 11.8 Å². The SMILES string of the molecule is CO[C@@H]1CCC2=C(C[C@H]3[C@H](/C(C)=C/CC=C(C)C)CC[C@@]3(C)O2)C1=O. The Morgan fingerprint density at radius 1 is 1.28 bits per heavy atom. The fraction of sp³-hybridized carbons (Fsp3) is 0.682. The van der Waals surface area contributed by atoms with Crippen LogP contribution in [0.4, 0.5) is 0 Å². The van der Waals surface area contributed by atoms with E-state index in [1.807, 2.05) is 0 Å². The summed E-state index contributed by atoms with van der Waals surface area (Å²) in [7, 11) is 1.64. The average Bonchev–Trinajstić information content (AvgIpc) is 2.89. The zero-order valence-corrected chi connectivity index (χ0v) is 16.4. The molecule has 0 saturated heterocycles. The van der Waals surface area contributed by atoms with Gasteiger partial charge < -0.3 is 9.47 Å². The molecule has 0 unspecified atom stereocenters. The second-order valence-corrected chi connectivity index (χ2v) is 8.36. The quantitative estimate of drug-likeness (QED) is 0.664. The molecular formula is C22H32O3. The Balaban J connectivity index is 1.81. The Kier molecular flexibility index (Phi) is 5.24. The molecule has 3 heteroatoms. The van der Waals surface area contributed by atoms with Crippen molar-refractivity contribution >= 4 is 5.78 Å². The first kappa shape index (κ1) is 18.4. The molecule has 1 saturated carbocycles. The second kappa shape index (κ2) is 7.11. The van der Waals surface area contributed by atoms with Crippen LogP contribution in [0.2, 0.25) is 0 Å². The molecule has 0 spiro atoms. The Bertz CT molecular complexity index is 636. The highest BCUT2D eigenvalue weighted by molar-refractivity contribution is 6.00. The molecule has 4 atom stereocenters. The summed E-state index contributed by atoms with van der Waals surface area (Å²) < 4.78 is 11.8. The maximum atomic E-state index is 12.7. The summed E-state index contributed by atoms with van der Waals surface area (Å²) in [6.07, 6.45) is 10.0. The Morgan fingerprint density at radius 3 is 2.72 bits per heavy atom. The highest BCUT2D eigenvalue weighted by atomic mass is 16.5. The van der Waals surface area contributed by atoms with E-state index >= 15 is 0 Å². The molecule has 0 radical (unpaired) electrons. The molecule has 2 aliphatic carbocycles. The summed E-state index contributed by atoms with van der Waals surface area (Å²) in [5, 5.41) is 0. The van der Waals surface area contributed by atoms with Crippen molar-refractivity contribution in [1.29, 1.82) is 0 Å². The number of ketones is 1. The Labute approximate surface area is 152 Å². The van der Waals surface area contributed by atoms with Gasteiger partial charge in [-0.25, -0.2) is 0 Å². The van der Waals surface area contributed by atoms with E-state index in [2.05, 4.69) is 39.8 Å². The van der Waals surface area contributed by atoms with Gasteiger partial charge >= 0.3 is 0 Å². The predicted octanol–water partition coefficient (Wildman–Crippen LogP) is 5.13. The highest BCUT2D eigenvalue weighted by Crippen LogP contribution is 2.54. The van der Waals surface area contributed by atoms with Gasteiger partial charge in [-0.05, 0) is 65.7 Å². The zero-order valence-electron chi connectivity index (χ0n) is 16.4. The van der Waals surface area contributed by atoms with Crippen LogP contribution in [0.1, 0.15) is 66.2 Å². The molecule has 0 amide bonds. The number of ether oxygens (including phenoxy) is 2. The van der Waals surface area contributed by atoms with E-state index in [0.717, 1.165) is 49.9 Å². The normalized spacial score (nSPS) is 35.2.